The third-order valence-corrected chi connectivity index (χ3v) is 16.7. The Kier molecular flexibility index (Phi) is 21.7. The molecule has 4 aliphatic heterocycles. The molecule has 3 saturated heterocycles. The first-order valence-electron chi connectivity index (χ1n) is 25.7. The summed E-state index contributed by atoms with van der Waals surface area (Å²) in [5.41, 5.74) is 2.82. The van der Waals surface area contributed by atoms with Crippen molar-refractivity contribution in [1.29, 1.82) is 0 Å². The number of nitrogens with one attached hydrogen (secondary N) is 2. The van der Waals surface area contributed by atoms with Crippen LogP contribution < -0.4 is 11.0 Å². The Bertz CT molecular complexity index is 1980. The first-order chi connectivity index (χ1) is 34.1. The zero-order valence-electron chi connectivity index (χ0n) is 45.3. The number of aliphatic hydroxyl groups excluding tert-OH is 3. The van der Waals surface area contributed by atoms with Crippen molar-refractivity contribution in [1.82, 2.24) is 25.8 Å². The molecular formula is C51H87FN5O15S-. The minimum Gasteiger partial charge on any atom is -0.768 e. The molecule has 0 aliphatic carbocycles. The Hall–Kier alpha value is -2.49. The van der Waals surface area contributed by atoms with Gasteiger partial charge in [0.15, 0.2) is 12.6 Å². The summed E-state index contributed by atoms with van der Waals surface area (Å²) in [4.78, 5) is 18.5. The lowest BCUT2D eigenvalue weighted by Gasteiger charge is -2.49. The molecule has 1 unspecified atom stereocenters. The van der Waals surface area contributed by atoms with Gasteiger partial charge in [-0.25, -0.2) is 4.39 Å². The zero-order valence-corrected chi connectivity index (χ0v) is 46.1. The predicted molar refractivity (Wildman–Crippen MR) is 267 cm³/mol. The molecule has 4 heterocycles. The van der Waals surface area contributed by atoms with Crippen molar-refractivity contribution < 1.29 is 76.6 Å². The second kappa shape index (κ2) is 25.8. The van der Waals surface area contributed by atoms with Crippen LogP contribution in [0.4, 0.5) is 4.39 Å². The Morgan fingerprint density at radius 3 is 2.25 bits per heavy atom. The number of methoxy groups -OCH3 is 2. The van der Waals surface area contributed by atoms with Gasteiger partial charge >= 0.3 is 5.97 Å². The molecule has 0 aromatic heterocycles. The topological polar surface area (TPSA) is 257 Å². The van der Waals surface area contributed by atoms with E-state index < -0.39 is 138 Å². The molecule has 3 fully saturated rings. The van der Waals surface area contributed by atoms with Crippen molar-refractivity contribution in [3.8, 4) is 0 Å². The molecular weight excluding hydrogens is 974 g/mol. The number of benzene rings is 1. The Balaban J connectivity index is 1.43. The number of nitrogens with zero attached hydrogens (tertiary/aromatic N) is 3. The molecule has 4 aliphatic rings. The van der Waals surface area contributed by atoms with E-state index in [4.69, 9.17) is 33.2 Å². The average Bonchev–Trinajstić information content (AvgIpc) is 3.81. The summed E-state index contributed by atoms with van der Waals surface area (Å²) in [5.74, 6) is -2.91. The van der Waals surface area contributed by atoms with Gasteiger partial charge in [-0.05, 0) is 117 Å². The van der Waals surface area contributed by atoms with E-state index in [1.165, 1.54) is 33.3 Å². The van der Waals surface area contributed by atoms with Gasteiger partial charge in [0, 0.05) is 74.9 Å². The number of rotatable bonds is 16. The summed E-state index contributed by atoms with van der Waals surface area (Å²) in [7, 11) is 6.64. The van der Waals surface area contributed by atoms with Gasteiger partial charge in [-0.1, -0.05) is 32.9 Å². The van der Waals surface area contributed by atoms with Crippen LogP contribution in [0.25, 0.3) is 0 Å². The monoisotopic (exact) mass is 1060 g/mol. The highest BCUT2D eigenvalue weighted by atomic mass is 32.2. The fourth-order valence-electron chi connectivity index (χ4n) is 11.4. The summed E-state index contributed by atoms with van der Waals surface area (Å²) in [6.07, 6.45) is -8.14. The molecule has 0 radical (unpaired) electrons. The van der Waals surface area contributed by atoms with E-state index in [-0.39, 0.29) is 30.1 Å². The molecule has 0 spiro atoms. The van der Waals surface area contributed by atoms with Gasteiger partial charge in [0.25, 0.3) is 0 Å². The van der Waals surface area contributed by atoms with Crippen LogP contribution in [0.2, 0.25) is 0 Å². The SMILES string of the molecule is CC[C@H]1OC(=O)[C@H](C)[C@@H](O[C@H]2C[C@@](C)(OC)[C@@H](O)[C@H](C)O2)[C@H](C)[C@@H](O[C@@H]2O[C@H](C)C[C@H](N(C)CCC3=CN([C@H](CF)[C@H](OC)c4ccc(S(=O)[O-])cc4)NN3)[C@H]2O)[C@](C)(O)C[C@@H](C)CN(C)[C@H](C)[C@@H](O)[C@]1(C)O. The molecule has 0 bridgehead atoms. The highest BCUT2D eigenvalue weighted by molar-refractivity contribution is 7.79. The fourth-order valence-corrected chi connectivity index (χ4v) is 11.7. The van der Waals surface area contributed by atoms with Crippen LogP contribution >= 0.6 is 0 Å². The molecule has 73 heavy (non-hydrogen) atoms. The Morgan fingerprint density at radius 1 is 1.00 bits per heavy atom. The molecule has 20 nitrogen and oxygen atoms in total. The van der Waals surface area contributed by atoms with Crippen LogP contribution in [0.15, 0.2) is 41.1 Å². The number of carbonyl (C=O) groups is 1. The summed E-state index contributed by atoms with van der Waals surface area (Å²) in [5, 5.41) is 61.3. The highest BCUT2D eigenvalue weighted by Crippen LogP contribution is 2.40. The lowest BCUT2D eigenvalue weighted by atomic mass is 9.77. The number of ether oxygens (including phenoxy) is 7. The second-order valence-electron chi connectivity index (χ2n) is 21.9. The van der Waals surface area contributed by atoms with Crippen molar-refractivity contribution in [3.63, 3.8) is 0 Å². The molecule has 1 aromatic rings. The summed E-state index contributed by atoms with van der Waals surface area (Å²) in [6, 6.07) is 4.14. The van der Waals surface area contributed by atoms with E-state index in [9.17, 15) is 43.5 Å². The number of cyclic esters (lactones) is 1. The maximum atomic E-state index is 14.7. The smallest absolute Gasteiger partial charge is 0.311 e. The van der Waals surface area contributed by atoms with Crippen LogP contribution in [0.5, 0.6) is 0 Å². The van der Waals surface area contributed by atoms with Crippen LogP contribution in [0.3, 0.4) is 0 Å². The first kappa shape index (κ1) is 61.4. The van der Waals surface area contributed by atoms with Crippen molar-refractivity contribution in [3.05, 3.63) is 41.7 Å². The van der Waals surface area contributed by atoms with E-state index in [0.717, 1.165) is 5.70 Å². The molecule has 0 amide bonds. The van der Waals surface area contributed by atoms with Crippen LogP contribution in [0, 0.1) is 17.8 Å². The third kappa shape index (κ3) is 14.4. The first-order valence-corrected chi connectivity index (χ1v) is 26.8. The van der Waals surface area contributed by atoms with Gasteiger partial charge in [0.1, 0.15) is 48.8 Å². The number of hydrogen-bond acceptors (Lipinski definition) is 20. The van der Waals surface area contributed by atoms with Gasteiger partial charge in [0.05, 0.1) is 41.5 Å². The maximum Gasteiger partial charge on any atom is 0.311 e. The fraction of sp³-hybridized carbons (Fsp3) is 0.824. The molecule has 0 saturated carbocycles. The lowest BCUT2D eigenvalue weighted by Crippen LogP contribution is -2.61. The van der Waals surface area contributed by atoms with Gasteiger partial charge in [-0.2, -0.15) is 0 Å². The van der Waals surface area contributed by atoms with E-state index >= 15 is 0 Å². The molecule has 420 valence electrons. The lowest BCUT2D eigenvalue weighted by molar-refractivity contribution is -0.318. The number of esters is 1. The normalized spacial score (nSPS) is 41.0. The van der Waals surface area contributed by atoms with E-state index in [2.05, 4.69) is 11.0 Å². The highest BCUT2D eigenvalue weighted by Gasteiger charge is 2.53. The molecule has 5 rings (SSSR count). The van der Waals surface area contributed by atoms with E-state index in [1.807, 2.05) is 37.7 Å². The second-order valence-corrected chi connectivity index (χ2v) is 22.9. The number of likely N-dealkylation sites (N-methyl/N-ethyl adjacent to an activating group) is 2. The van der Waals surface area contributed by atoms with E-state index in [1.54, 1.807) is 71.8 Å². The number of halogens is 1. The Morgan fingerprint density at radius 2 is 1.66 bits per heavy atom. The minimum atomic E-state index is -2.41. The van der Waals surface area contributed by atoms with Gasteiger partial charge in [0.2, 0.25) is 0 Å². The molecule has 7 N–H and O–H groups in total. The largest absolute Gasteiger partial charge is 0.768 e. The predicted octanol–water partition coefficient (Wildman–Crippen LogP) is 2.79. The van der Waals surface area contributed by atoms with Crippen LogP contribution in [0.1, 0.15) is 113 Å². The summed E-state index contributed by atoms with van der Waals surface area (Å²) < 4.78 is 81.5. The standard InChI is InChI=1S/C51H88FN5O15S/c1-15-39-51(10,63)44(59)32(6)56(12)26-28(2)23-49(8,62)46(30(4)42(31(5)47(61)70-39)71-40-24-50(9,67-14)45(60)33(7)69-40)72-48-41(58)37(22-29(3)68-48)55(11)21-20-35-27-57(54-53-35)38(25-52)43(66-13)34-16-18-36(19-17-34)73(64)65/h16-19,27-33,37-46,48,53-54,58-60,62-63H,15,20-26H2,1-14H3,(H,64,65)/p-1/t28-,29-,30+,31-,32-,33+,37+,38-,39-,40+,41-,42+,43-,44-,45+,46-,48+,49-,50-,51-/m1/s1. The average molecular weight is 1060 g/mol. The zero-order chi connectivity index (χ0) is 54.5. The number of carbonyl (C=O) groups excluding carboxylic acids is 1. The van der Waals surface area contributed by atoms with Crippen molar-refractivity contribution >= 4 is 17.0 Å². The Labute approximate surface area is 434 Å². The van der Waals surface area contributed by atoms with E-state index in [0.29, 0.717) is 31.5 Å². The van der Waals surface area contributed by atoms with Crippen molar-refractivity contribution in [2.75, 3.05) is 48.1 Å². The van der Waals surface area contributed by atoms with Gasteiger partial charge in [-0.3, -0.25) is 14.0 Å². The van der Waals surface area contributed by atoms with Crippen LogP contribution in [-0.2, 0) is 49.0 Å². The summed E-state index contributed by atoms with van der Waals surface area (Å²) in [6.45, 7) is 17.4. The number of alkyl halides is 1. The minimum absolute atomic E-state index is 0.0753. The molecule has 21 atom stereocenters. The van der Waals surface area contributed by atoms with Gasteiger partial charge < -0.3 is 78.5 Å². The maximum absolute atomic E-state index is 14.7. The molecule has 1 aromatic carbocycles. The number of hydrogen-bond donors (Lipinski definition) is 7. The van der Waals surface area contributed by atoms with Crippen LogP contribution in [-0.4, -0.2) is 199 Å². The molecule has 22 heteroatoms. The summed E-state index contributed by atoms with van der Waals surface area (Å²) >= 11 is -2.41. The quantitative estimate of drug-likeness (QED) is 0.0928. The number of aliphatic hydroxyl groups is 5. The van der Waals surface area contributed by atoms with Crippen molar-refractivity contribution in [2.24, 2.45) is 17.8 Å². The van der Waals surface area contributed by atoms with Crippen molar-refractivity contribution in [2.45, 2.75) is 209 Å². The van der Waals surface area contributed by atoms with Gasteiger partial charge in [-0.15, -0.1) is 5.53 Å². The number of hydrazine groups is 2. The third-order valence-electron chi connectivity index (χ3n) is 16.0.